The zero-order valence-corrected chi connectivity index (χ0v) is 12.0. The van der Waals surface area contributed by atoms with Crippen molar-refractivity contribution in [2.24, 2.45) is 0 Å². The minimum absolute atomic E-state index is 0.646. The highest BCUT2D eigenvalue weighted by Crippen LogP contribution is 2.24. The molecule has 0 N–H and O–H groups in total. The Morgan fingerprint density at radius 3 is 2.57 bits per heavy atom. The molecule has 0 saturated heterocycles. The number of nitrogens with zero attached hydrogens (tertiary/aromatic N) is 4. The van der Waals surface area contributed by atoms with Gasteiger partial charge in [-0.05, 0) is 36.8 Å². The van der Waals surface area contributed by atoms with Crippen molar-refractivity contribution in [2.75, 3.05) is 0 Å². The Morgan fingerprint density at radius 2 is 1.86 bits per heavy atom. The Balaban J connectivity index is 1.93. The lowest BCUT2D eigenvalue weighted by atomic mass is 10.1. The first-order chi connectivity index (χ1) is 10.3. The molecule has 0 spiro atoms. The van der Waals surface area contributed by atoms with Crippen molar-refractivity contribution < 1.29 is 0 Å². The third-order valence-corrected chi connectivity index (χ3v) is 3.47. The van der Waals surface area contributed by atoms with Gasteiger partial charge in [-0.2, -0.15) is 5.26 Å². The maximum atomic E-state index is 8.83. The summed E-state index contributed by atoms with van der Waals surface area (Å²) in [5, 5.41) is 8.83. The lowest BCUT2D eigenvalue weighted by Crippen LogP contribution is -1.98. The van der Waals surface area contributed by atoms with E-state index in [1.807, 2.05) is 24.4 Å². The summed E-state index contributed by atoms with van der Waals surface area (Å²) < 4.78 is 2.16. The van der Waals surface area contributed by atoms with E-state index in [-0.39, 0.29) is 0 Å². The van der Waals surface area contributed by atoms with Gasteiger partial charge in [0.15, 0.2) is 5.82 Å². The summed E-state index contributed by atoms with van der Waals surface area (Å²) in [5.74, 6) is 0.711. The number of hydrogen-bond acceptors (Lipinski definition) is 3. The number of aromatic nitrogens is 3. The van der Waals surface area contributed by atoms with E-state index in [0.29, 0.717) is 11.4 Å². The van der Waals surface area contributed by atoms with Gasteiger partial charge in [-0.3, -0.25) is 0 Å². The van der Waals surface area contributed by atoms with E-state index in [1.165, 1.54) is 6.42 Å². The van der Waals surface area contributed by atoms with E-state index in [4.69, 9.17) is 5.26 Å². The van der Waals surface area contributed by atoms with Crippen LogP contribution in [0, 0.1) is 11.3 Å². The first-order valence-corrected chi connectivity index (χ1v) is 7.14. The molecule has 1 aromatic rings. The highest BCUT2D eigenvalue weighted by molar-refractivity contribution is 5.65. The molecule has 0 atom stereocenters. The van der Waals surface area contributed by atoms with Gasteiger partial charge in [0, 0.05) is 24.5 Å². The molecule has 4 nitrogen and oxygen atoms in total. The van der Waals surface area contributed by atoms with Crippen molar-refractivity contribution in [3.63, 3.8) is 0 Å². The van der Waals surface area contributed by atoms with Gasteiger partial charge in [0.1, 0.15) is 5.69 Å². The van der Waals surface area contributed by atoms with Crippen LogP contribution < -0.4 is 0 Å². The zero-order chi connectivity index (χ0) is 14.7. The fourth-order valence-corrected chi connectivity index (χ4v) is 2.25. The molecule has 21 heavy (non-hydrogen) atoms. The standard InChI is InChI=1S/C17H16N4/c1-2-3-9-21-10-8-15-16(12-21)20-17(19-15)14-6-4-13(11-18)5-7-14/h4-8,10,12H,2-3,9H2,1H3. The van der Waals surface area contributed by atoms with Crippen LogP contribution in [0.15, 0.2) is 42.7 Å². The first-order valence-electron chi connectivity index (χ1n) is 7.14. The minimum atomic E-state index is 0.646. The molecule has 0 aliphatic carbocycles. The fraction of sp³-hybridized carbons (Fsp3) is 0.235. The minimum Gasteiger partial charge on any atom is -0.352 e. The summed E-state index contributed by atoms with van der Waals surface area (Å²) in [6, 6.07) is 11.5. The summed E-state index contributed by atoms with van der Waals surface area (Å²) in [7, 11) is 0. The number of fused-ring (bicyclic) bond motifs is 1. The van der Waals surface area contributed by atoms with Crippen LogP contribution >= 0.6 is 0 Å². The molecule has 0 unspecified atom stereocenters. The van der Waals surface area contributed by atoms with Crippen molar-refractivity contribution in [1.29, 1.82) is 5.26 Å². The molecule has 0 saturated carbocycles. The maximum absolute atomic E-state index is 8.83. The van der Waals surface area contributed by atoms with Crippen molar-refractivity contribution in [2.45, 2.75) is 26.3 Å². The third-order valence-electron chi connectivity index (χ3n) is 3.47. The van der Waals surface area contributed by atoms with E-state index in [1.54, 1.807) is 12.1 Å². The number of unbranched alkanes of at least 4 members (excludes halogenated alkanes) is 1. The van der Waals surface area contributed by atoms with Crippen LogP contribution in [0.4, 0.5) is 0 Å². The SMILES string of the molecule is CCCCn1ccc2nc(-c3ccc(C#N)cc3)nc-2c1. The molecule has 2 aliphatic rings. The number of benzene rings is 1. The van der Waals surface area contributed by atoms with Crippen molar-refractivity contribution >= 4 is 0 Å². The number of aryl methyl sites for hydroxylation is 1. The molecule has 0 radical (unpaired) electrons. The van der Waals surface area contributed by atoms with Gasteiger partial charge in [0.05, 0.1) is 17.3 Å². The average molecular weight is 276 g/mol. The fourth-order valence-electron chi connectivity index (χ4n) is 2.25. The van der Waals surface area contributed by atoms with Crippen LogP contribution in [0.5, 0.6) is 0 Å². The first kappa shape index (κ1) is 13.3. The van der Waals surface area contributed by atoms with E-state index < -0.39 is 0 Å². The molecule has 2 heterocycles. The largest absolute Gasteiger partial charge is 0.352 e. The smallest absolute Gasteiger partial charge is 0.160 e. The summed E-state index contributed by atoms with van der Waals surface area (Å²) in [6.45, 7) is 3.19. The predicted molar refractivity (Wildman–Crippen MR) is 81.7 cm³/mol. The molecule has 0 amide bonds. The summed E-state index contributed by atoms with van der Waals surface area (Å²) in [4.78, 5) is 9.14. The molecule has 1 aromatic carbocycles. The molecule has 0 fully saturated rings. The zero-order valence-electron chi connectivity index (χ0n) is 12.0. The topological polar surface area (TPSA) is 54.5 Å². The molecular weight excluding hydrogens is 260 g/mol. The predicted octanol–water partition coefficient (Wildman–Crippen LogP) is 3.72. The molecular formula is C17H16N4. The Kier molecular flexibility index (Phi) is 3.65. The lowest BCUT2D eigenvalue weighted by molar-refractivity contribution is 0.628. The van der Waals surface area contributed by atoms with Gasteiger partial charge >= 0.3 is 0 Å². The van der Waals surface area contributed by atoms with E-state index in [2.05, 4.69) is 33.7 Å². The van der Waals surface area contributed by atoms with Crippen molar-refractivity contribution in [3.8, 4) is 28.8 Å². The summed E-state index contributed by atoms with van der Waals surface area (Å²) in [5.41, 5.74) is 3.40. The molecule has 3 rings (SSSR count). The van der Waals surface area contributed by atoms with Gasteiger partial charge in [-0.25, -0.2) is 9.97 Å². The lowest BCUT2D eigenvalue weighted by Gasteiger charge is -2.06. The second-order valence-corrected chi connectivity index (χ2v) is 5.04. The van der Waals surface area contributed by atoms with Crippen LogP contribution in [0.2, 0.25) is 0 Å². The Bertz CT molecular complexity index is 749. The second-order valence-electron chi connectivity index (χ2n) is 5.04. The molecule has 2 aliphatic heterocycles. The van der Waals surface area contributed by atoms with Crippen LogP contribution in [-0.4, -0.2) is 14.5 Å². The normalized spacial score (nSPS) is 10.7. The maximum Gasteiger partial charge on any atom is 0.160 e. The number of imidazole rings is 1. The van der Waals surface area contributed by atoms with Gasteiger partial charge in [0.2, 0.25) is 0 Å². The van der Waals surface area contributed by atoms with Crippen LogP contribution in [-0.2, 0) is 6.54 Å². The Labute approximate surface area is 124 Å². The van der Waals surface area contributed by atoms with E-state index in [0.717, 1.165) is 29.9 Å². The second kappa shape index (κ2) is 5.76. The van der Waals surface area contributed by atoms with Gasteiger partial charge < -0.3 is 4.57 Å². The number of pyridine rings is 1. The van der Waals surface area contributed by atoms with Crippen LogP contribution in [0.3, 0.4) is 0 Å². The molecule has 0 bridgehead atoms. The third kappa shape index (κ3) is 2.77. The number of nitriles is 1. The molecule has 4 heteroatoms. The van der Waals surface area contributed by atoms with Gasteiger partial charge in [0.25, 0.3) is 0 Å². The Hall–Kier alpha value is -2.67. The highest BCUT2D eigenvalue weighted by atomic mass is 15.0. The highest BCUT2D eigenvalue weighted by Gasteiger charge is 2.12. The quantitative estimate of drug-likeness (QED) is 0.729. The monoisotopic (exact) mass is 276 g/mol. The average Bonchev–Trinajstić information content (AvgIpc) is 2.96. The summed E-state index contributed by atoms with van der Waals surface area (Å²) in [6.07, 6.45) is 6.43. The molecule has 104 valence electrons. The van der Waals surface area contributed by atoms with E-state index >= 15 is 0 Å². The van der Waals surface area contributed by atoms with Crippen LogP contribution in [0.25, 0.3) is 22.8 Å². The molecule has 0 aromatic heterocycles. The number of hydrogen-bond donors (Lipinski definition) is 0. The van der Waals surface area contributed by atoms with Crippen molar-refractivity contribution in [3.05, 3.63) is 48.3 Å². The van der Waals surface area contributed by atoms with Gasteiger partial charge in [-0.15, -0.1) is 0 Å². The summed E-state index contributed by atoms with van der Waals surface area (Å²) >= 11 is 0. The Morgan fingerprint density at radius 1 is 1.10 bits per heavy atom. The number of rotatable bonds is 4. The van der Waals surface area contributed by atoms with Crippen molar-refractivity contribution in [1.82, 2.24) is 14.5 Å². The van der Waals surface area contributed by atoms with E-state index in [9.17, 15) is 0 Å². The van der Waals surface area contributed by atoms with Crippen LogP contribution in [0.1, 0.15) is 25.3 Å². The van der Waals surface area contributed by atoms with Gasteiger partial charge in [-0.1, -0.05) is 13.3 Å².